The Kier molecular flexibility index (Phi) is 16.9. The van der Waals surface area contributed by atoms with Gasteiger partial charge in [-0.2, -0.15) is 0 Å². The number of rotatable bonds is 22. The number of nitrogens with one attached hydrogen (secondary N) is 3. The number of phenols is 1. The molecule has 52 heavy (non-hydrogen) atoms. The van der Waals surface area contributed by atoms with E-state index in [-0.39, 0.29) is 34.7 Å². The molecule has 1 amide bonds. The van der Waals surface area contributed by atoms with E-state index in [2.05, 4.69) is 34.2 Å². The molecule has 1 saturated heterocycles. The number of aromatic hydroxyl groups is 1. The lowest BCUT2D eigenvalue weighted by atomic mass is 10.0. The second-order valence-electron chi connectivity index (χ2n) is 13.3. The van der Waals surface area contributed by atoms with Gasteiger partial charge in [-0.25, -0.2) is 4.99 Å². The normalized spacial score (nSPS) is 14.7. The van der Waals surface area contributed by atoms with Crippen LogP contribution in [0.15, 0.2) is 71.4 Å². The van der Waals surface area contributed by atoms with Crippen molar-refractivity contribution in [3.8, 4) is 17.2 Å². The Morgan fingerprint density at radius 3 is 2.25 bits per heavy atom. The van der Waals surface area contributed by atoms with Gasteiger partial charge in [-0.15, -0.1) is 0 Å². The van der Waals surface area contributed by atoms with Crippen LogP contribution in [0.3, 0.4) is 0 Å². The van der Waals surface area contributed by atoms with Crippen molar-refractivity contribution in [3.63, 3.8) is 0 Å². The molecule has 0 spiro atoms. The van der Waals surface area contributed by atoms with Crippen molar-refractivity contribution in [1.29, 1.82) is 0 Å². The number of hydrazine groups is 1. The van der Waals surface area contributed by atoms with Gasteiger partial charge in [0.1, 0.15) is 11.4 Å². The molecule has 4 rings (SSSR count). The van der Waals surface area contributed by atoms with Crippen LogP contribution in [0.2, 0.25) is 5.02 Å². The lowest BCUT2D eigenvalue weighted by Crippen LogP contribution is -2.32. The van der Waals surface area contributed by atoms with Crippen molar-refractivity contribution in [2.75, 3.05) is 12.4 Å². The molecule has 0 aliphatic carbocycles. The Labute approximate surface area is 314 Å². The van der Waals surface area contributed by atoms with Crippen LogP contribution in [0, 0.1) is 0 Å². The number of aryl methyl sites for hydroxylation is 1. The highest BCUT2D eigenvalue weighted by Gasteiger charge is 2.25. The van der Waals surface area contributed by atoms with Gasteiger partial charge >= 0.3 is 0 Å². The Morgan fingerprint density at radius 2 is 1.58 bits per heavy atom. The summed E-state index contributed by atoms with van der Waals surface area (Å²) in [4.78, 5) is 30.8. The highest BCUT2D eigenvalue weighted by atomic mass is 35.5. The number of benzene rings is 3. The molecule has 9 nitrogen and oxygen atoms in total. The number of unbranched alkanes of at least 4 members (excludes halogenated alkanes) is 12. The first-order valence-electron chi connectivity index (χ1n) is 18.9. The van der Waals surface area contributed by atoms with E-state index in [0.717, 1.165) is 12.8 Å². The smallest absolute Gasteiger partial charge is 0.265 e. The van der Waals surface area contributed by atoms with E-state index in [1.165, 1.54) is 95.8 Å². The monoisotopic (exact) mass is 730 g/mol. The third-order valence-corrected chi connectivity index (χ3v) is 9.46. The zero-order valence-electron chi connectivity index (χ0n) is 30.9. The number of carbonyl (C=O) groups excluding carboxylic acids is 2. The summed E-state index contributed by atoms with van der Waals surface area (Å²) in [6, 6.07) is 17.7. The third-order valence-electron chi connectivity index (χ3n) is 9.15. The number of aliphatic imine (C=N–C) groups is 1. The summed E-state index contributed by atoms with van der Waals surface area (Å²) in [5, 5.41) is 13.1. The van der Waals surface area contributed by atoms with Crippen molar-refractivity contribution in [1.82, 2.24) is 10.9 Å². The minimum Gasteiger partial charge on any atom is -0.504 e. The molecule has 0 radical (unpaired) electrons. The van der Waals surface area contributed by atoms with Gasteiger partial charge in [0.25, 0.3) is 5.91 Å². The van der Waals surface area contributed by atoms with E-state index in [0.29, 0.717) is 34.1 Å². The Morgan fingerprint density at radius 1 is 0.885 bits per heavy atom. The Hall–Kier alpha value is -4.50. The second-order valence-corrected chi connectivity index (χ2v) is 13.7. The molecule has 4 N–H and O–H groups in total. The molecule has 280 valence electrons. The van der Waals surface area contributed by atoms with E-state index in [1.807, 2.05) is 25.1 Å². The summed E-state index contributed by atoms with van der Waals surface area (Å²) in [5.74, 6) is 0.321. The number of amidine groups is 1. The zero-order valence-corrected chi connectivity index (χ0v) is 31.7. The fourth-order valence-electron chi connectivity index (χ4n) is 6.13. The van der Waals surface area contributed by atoms with Crippen molar-refractivity contribution in [3.05, 3.63) is 82.5 Å². The lowest BCUT2D eigenvalue weighted by Gasteiger charge is -2.18. The molecule has 10 heteroatoms. The first-order chi connectivity index (χ1) is 25.3. The summed E-state index contributed by atoms with van der Waals surface area (Å²) >= 11 is 6.43. The molecule has 1 heterocycles. The fourth-order valence-corrected chi connectivity index (χ4v) is 6.29. The first-order valence-corrected chi connectivity index (χ1v) is 19.3. The third kappa shape index (κ3) is 12.9. The molecule has 0 aromatic heterocycles. The van der Waals surface area contributed by atoms with Crippen LogP contribution in [0.1, 0.15) is 115 Å². The molecular formula is C42H55ClN4O5. The van der Waals surface area contributed by atoms with Crippen LogP contribution < -0.4 is 25.6 Å². The van der Waals surface area contributed by atoms with Crippen LogP contribution in [-0.2, 0) is 16.0 Å². The van der Waals surface area contributed by atoms with Gasteiger partial charge in [-0.3, -0.25) is 20.4 Å². The van der Waals surface area contributed by atoms with Crippen molar-refractivity contribution in [2.45, 2.75) is 116 Å². The van der Waals surface area contributed by atoms with E-state index >= 15 is 0 Å². The molecule has 0 saturated carbocycles. The number of ketones is 1. The average molecular weight is 731 g/mol. The van der Waals surface area contributed by atoms with Gasteiger partial charge in [-0.1, -0.05) is 121 Å². The second kappa shape index (κ2) is 21.8. The van der Waals surface area contributed by atoms with Gasteiger partial charge in [0.2, 0.25) is 5.78 Å². The van der Waals surface area contributed by atoms with Crippen LogP contribution >= 0.6 is 11.6 Å². The van der Waals surface area contributed by atoms with Gasteiger partial charge < -0.3 is 19.9 Å². The van der Waals surface area contributed by atoms with Crippen LogP contribution in [0.5, 0.6) is 17.2 Å². The fraction of sp³-hybridized carbons (Fsp3) is 0.452. The minimum absolute atomic E-state index is 0.00113. The number of hydrogen-bond donors (Lipinski definition) is 4. The largest absolute Gasteiger partial charge is 0.504 e. The average Bonchev–Trinajstić information content (AvgIpc) is 3.48. The molecular weight excluding hydrogens is 676 g/mol. The maximum Gasteiger partial charge on any atom is 0.265 e. The van der Waals surface area contributed by atoms with Gasteiger partial charge in [0.15, 0.2) is 23.4 Å². The molecule has 0 bridgehead atoms. The SMILES string of the molecule is CCCCCCCCCCCCCCCc1cccc(O[C@@H](CC)C(=O)Nc2ccc(Cl)c(N=C3NN/C(=C/c4ccc(O)c(OC)c4)C3=O)c2)c1. The highest BCUT2D eigenvalue weighted by molar-refractivity contribution is 6.48. The summed E-state index contributed by atoms with van der Waals surface area (Å²) in [5.41, 5.74) is 8.49. The van der Waals surface area contributed by atoms with E-state index < -0.39 is 6.10 Å². The van der Waals surface area contributed by atoms with Crippen LogP contribution in [-0.4, -0.2) is 35.8 Å². The minimum atomic E-state index is -0.703. The number of ether oxygens (including phenoxy) is 2. The number of carbonyl (C=O) groups is 2. The summed E-state index contributed by atoms with van der Waals surface area (Å²) in [7, 11) is 1.45. The molecule has 3 aromatic carbocycles. The Bertz CT molecular complexity index is 1670. The predicted molar refractivity (Wildman–Crippen MR) is 212 cm³/mol. The number of methoxy groups -OCH3 is 1. The first kappa shape index (κ1) is 40.3. The number of amides is 1. The maximum absolute atomic E-state index is 13.3. The molecule has 1 fully saturated rings. The maximum atomic E-state index is 13.3. The summed E-state index contributed by atoms with van der Waals surface area (Å²) in [6.45, 7) is 4.18. The predicted octanol–water partition coefficient (Wildman–Crippen LogP) is 10.2. The van der Waals surface area contributed by atoms with Crippen molar-refractivity contribution >= 4 is 46.6 Å². The molecule has 0 unspecified atom stereocenters. The molecule has 3 aromatic rings. The molecule has 1 aliphatic rings. The van der Waals surface area contributed by atoms with Crippen molar-refractivity contribution in [2.24, 2.45) is 4.99 Å². The number of hydrogen-bond acceptors (Lipinski definition) is 7. The number of nitrogens with zero attached hydrogens (tertiary/aromatic N) is 1. The number of Topliss-reactive ketones (excluding diaryl/α,β-unsaturated/α-hetero) is 1. The van der Waals surface area contributed by atoms with E-state index in [9.17, 15) is 14.7 Å². The van der Waals surface area contributed by atoms with E-state index in [1.54, 1.807) is 36.4 Å². The summed E-state index contributed by atoms with van der Waals surface area (Å²) in [6.07, 6.45) is 19.7. The highest BCUT2D eigenvalue weighted by Crippen LogP contribution is 2.30. The Balaban J connectivity index is 1.24. The standard InChI is InChI=1S/C42H55ClN4O5/c1-4-6-7-8-9-10-11-12-13-14-15-16-17-19-30-20-18-21-33(26-30)52-38(5-2)42(50)44-32-23-24-34(43)35(29-32)45-41-40(49)36(46-47-41)27-31-22-25-37(48)39(28-31)51-3/h18,20-29,38,46,48H,4-17,19H2,1-3H3,(H,44,50)(H,45,47)/b36-27+/t38-/m0/s1. The topological polar surface area (TPSA) is 121 Å². The van der Waals surface area contributed by atoms with Crippen LogP contribution in [0.25, 0.3) is 6.08 Å². The lowest BCUT2D eigenvalue weighted by molar-refractivity contribution is -0.122. The quantitative estimate of drug-likeness (QED) is 0.0600. The van der Waals surface area contributed by atoms with Gasteiger partial charge in [0, 0.05) is 5.69 Å². The van der Waals surface area contributed by atoms with E-state index in [4.69, 9.17) is 21.1 Å². The van der Waals surface area contributed by atoms with Crippen molar-refractivity contribution < 1.29 is 24.2 Å². The van der Waals surface area contributed by atoms with Gasteiger partial charge in [-0.05, 0) is 78.9 Å². The zero-order chi connectivity index (χ0) is 37.1. The molecule has 1 atom stereocenters. The number of phenolic OH excluding ortho intramolecular Hbond substituents is 1. The summed E-state index contributed by atoms with van der Waals surface area (Å²) < 4.78 is 11.3. The number of anilines is 1. The van der Waals surface area contributed by atoms with Gasteiger partial charge in [0.05, 0.1) is 17.8 Å². The number of halogens is 1. The van der Waals surface area contributed by atoms with Crippen LogP contribution in [0.4, 0.5) is 11.4 Å². The molecule has 1 aliphatic heterocycles.